The lowest BCUT2D eigenvalue weighted by Crippen LogP contribution is -1.90. The first-order valence-electron chi connectivity index (χ1n) is 5.41. The average Bonchev–Trinajstić information content (AvgIpc) is 2.61. The number of rotatable bonds is 6. The van der Waals surface area contributed by atoms with E-state index < -0.39 is 0 Å². The van der Waals surface area contributed by atoms with Crippen LogP contribution in [0.4, 0.5) is 0 Å². The van der Waals surface area contributed by atoms with E-state index in [0.717, 1.165) is 13.0 Å². The maximum Gasteiger partial charge on any atom is 0.0465 e. The molecule has 0 aliphatic heterocycles. The Kier molecular flexibility index (Phi) is 5.20. The molecule has 1 aromatic heterocycles. The highest BCUT2D eigenvalue weighted by molar-refractivity contribution is 7.12. The summed E-state index contributed by atoms with van der Waals surface area (Å²) >= 11 is 1.98. The lowest BCUT2D eigenvalue weighted by molar-refractivity contribution is 0.195. The summed E-state index contributed by atoms with van der Waals surface area (Å²) in [7, 11) is 1.77. The summed E-state index contributed by atoms with van der Waals surface area (Å²) in [4.78, 5) is 3.09. The number of thiophene rings is 1. The van der Waals surface area contributed by atoms with E-state index in [1.54, 1.807) is 17.6 Å². The molecule has 0 aliphatic carbocycles. The van der Waals surface area contributed by atoms with Crippen molar-refractivity contribution in [2.45, 2.75) is 39.5 Å². The Morgan fingerprint density at radius 1 is 1.29 bits per heavy atom. The number of aryl methyl sites for hydroxylation is 3. The van der Waals surface area contributed by atoms with Crippen molar-refractivity contribution >= 4 is 11.3 Å². The molecule has 14 heavy (non-hydrogen) atoms. The second-order valence-electron chi connectivity index (χ2n) is 3.46. The highest BCUT2D eigenvalue weighted by Crippen LogP contribution is 2.24. The lowest BCUT2D eigenvalue weighted by Gasteiger charge is -1.95. The molecule has 2 heteroatoms. The minimum atomic E-state index is 0.876. The molecule has 0 N–H and O–H groups in total. The maximum absolute atomic E-state index is 5.06. The third kappa shape index (κ3) is 3.10. The second-order valence-corrected chi connectivity index (χ2v) is 4.69. The highest BCUT2D eigenvalue weighted by atomic mass is 32.1. The molecule has 0 aliphatic rings. The van der Waals surface area contributed by atoms with Gasteiger partial charge >= 0.3 is 0 Å². The first kappa shape index (κ1) is 11.7. The highest BCUT2D eigenvalue weighted by Gasteiger charge is 2.05. The van der Waals surface area contributed by atoms with E-state index in [1.165, 1.54) is 24.1 Å². The quantitative estimate of drug-likeness (QED) is 0.656. The van der Waals surface area contributed by atoms with Crippen molar-refractivity contribution in [2.75, 3.05) is 13.7 Å². The molecule has 0 bridgehead atoms. The molecule has 0 spiro atoms. The smallest absolute Gasteiger partial charge is 0.0465 e. The van der Waals surface area contributed by atoms with E-state index in [-0.39, 0.29) is 0 Å². The first-order chi connectivity index (χ1) is 6.81. The molecule has 0 aromatic carbocycles. The zero-order chi connectivity index (χ0) is 10.4. The van der Waals surface area contributed by atoms with Crippen molar-refractivity contribution in [3.63, 3.8) is 0 Å². The van der Waals surface area contributed by atoms with Crippen LogP contribution in [0, 0.1) is 0 Å². The molecule has 0 atom stereocenters. The zero-order valence-corrected chi connectivity index (χ0v) is 10.2. The third-order valence-corrected chi connectivity index (χ3v) is 3.80. The lowest BCUT2D eigenvalue weighted by atomic mass is 10.1. The Bertz CT molecular complexity index is 244. The van der Waals surface area contributed by atoms with Gasteiger partial charge in [-0.15, -0.1) is 11.3 Å². The molecule has 0 unspecified atom stereocenters. The van der Waals surface area contributed by atoms with Gasteiger partial charge in [0.05, 0.1) is 0 Å². The molecule has 0 saturated heterocycles. The Hall–Kier alpha value is -0.340. The van der Waals surface area contributed by atoms with Crippen molar-refractivity contribution in [3.8, 4) is 0 Å². The maximum atomic E-state index is 5.06. The van der Waals surface area contributed by atoms with Crippen molar-refractivity contribution < 1.29 is 4.74 Å². The molecule has 0 radical (unpaired) electrons. The van der Waals surface area contributed by atoms with E-state index in [2.05, 4.69) is 19.9 Å². The van der Waals surface area contributed by atoms with Crippen LogP contribution in [0.25, 0.3) is 0 Å². The summed E-state index contributed by atoms with van der Waals surface area (Å²) < 4.78 is 5.06. The predicted octanol–water partition coefficient (Wildman–Crippen LogP) is 3.45. The van der Waals surface area contributed by atoms with E-state index in [9.17, 15) is 0 Å². The van der Waals surface area contributed by atoms with Gasteiger partial charge < -0.3 is 4.74 Å². The summed E-state index contributed by atoms with van der Waals surface area (Å²) in [5.41, 5.74) is 1.55. The van der Waals surface area contributed by atoms with Crippen LogP contribution in [0.1, 0.15) is 35.6 Å². The molecule has 80 valence electrons. The van der Waals surface area contributed by atoms with Gasteiger partial charge in [0.25, 0.3) is 0 Å². The van der Waals surface area contributed by atoms with Crippen LogP contribution in [0.2, 0.25) is 0 Å². The zero-order valence-electron chi connectivity index (χ0n) is 9.43. The fourth-order valence-electron chi connectivity index (χ4n) is 1.64. The van der Waals surface area contributed by atoms with Gasteiger partial charge in [-0.25, -0.2) is 0 Å². The number of hydrogen-bond acceptors (Lipinski definition) is 2. The minimum absolute atomic E-state index is 0.876. The van der Waals surface area contributed by atoms with Gasteiger partial charge in [0.15, 0.2) is 0 Å². The molecule has 1 heterocycles. The van der Waals surface area contributed by atoms with Crippen molar-refractivity contribution in [1.82, 2.24) is 0 Å². The fourth-order valence-corrected chi connectivity index (χ4v) is 2.88. The van der Waals surface area contributed by atoms with Crippen LogP contribution in [0.15, 0.2) is 6.07 Å². The molecule has 0 saturated carbocycles. The van der Waals surface area contributed by atoms with Gasteiger partial charge in [-0.3, -0.25) is 0 Å². The molecular formula is C12H20OS. The van der Waals surface area contributed by atoms with Crippen LogP contribution in [-0.4, -0.2) is 13.7 Å². The van der Waals surface area contributed by atoms with Crippen LogP contribution in [-0.2, 0) is 24.0 Å². The topological polar surface area (TPSA) is 9.23 Å². The SMILES string of the molecule is CCc1cc(CCCOC)sc1CC. The minimum Gasteiger partial charge on any atom is -0.385 e. The van der Waals surface area contributed by atoms with E-state index in [1.807, 2.05) is 11.3 Å². The monoisotopic (exact) mass is 212 g/mol. The number of methoxy groups -OCH3 is 1. The molecule has 0 amide bonds. The summed E-state index contributed by atoms with van der Waals surface area (Å²) in [6.45, 7) is 5.35. The predicted molar refractivity (Wildman–Crippen MR) is 63.3 cm³/mol. The largest absolute Gasteiger partial charge is 0.385 e. The Morgan fingerprint density at radius 3 is 2.57 bits per heavy atom. The summed E-state index contributed by atoms with van der Waals surface area (Å²) in [5.74, 6) is 0. The van der Waals surface area contributed by atoms with E-state index in [0.29, 0.717) is 0 Å². The Labute approximate surface area is 91.1 Å². The second kappa shape index (κ2) is 6.20. The van der Waals surface area contributed by atoms with Gasteiger partial charge in [0, 0.05) is 23.5 Å². The standard InChI is InChI=1S/C12H20OS/c1-4-10-9-11(7-6-8-13-3)14-12(10)5-2/h9H,4-8H2,1-3H3. The van der Waals surface area contributed by atoms with Crippen LogP contribution in [0.3, 0.4) is 0 Å². The Balaban J connectivity index is 2.55. The molecule has 1 rings (SSSR count). The third-order valence-electron chi connectivity index (χ3n) is 2.42. The summed E-state index contributed by atoms with van der Waals surface area (Å²) in [5, 5.41) is 0. The summed E-state index contributed by atoms with van der Waals surface area (Å²) in [6.07, 6.45) is 4.66. The van der Waals surface area contributed by atoms with Gasteiger partial charge in [0.1, 0.15) is 0 Å². The van der Waals surface area contributed by atoms with Crippen LogP contribution >= 0.6 is 11.3 Å². The van der Waals surface area contributed by atoms with Gasteiger partial charge in [-0.05, 0) is 37.3 Å². The van der Waals surface area contributed by atoms with E-state index in [4.69, 9.17) is 4.74 Å². The van der Waals surface area contributed by atoms with E-state index >= 15 is 0 Å². The average molecular weight is 212 g/mol. The van der Waals surface area contributed by atoms with Crippen molar-refractivity contribution in [2.24, 2.45) is 0 Å². The molecule has 1 aromatic rings. The Morgan fingerprint density at radius 2 is 2.07 bits per heavy atom. The first-order valence-corrected chi connectivity index (χ1v) is 6.22. The van der Waals surface area contributed by atoms with Crippen LogP contribution < -0.4 is 0 Å². The van der Waals surface area contributed by atoms with Crippen molar-refractivity contribution in [3.05, 3.63) is 21.4 Å². The van der Waals surface area contributed by atoms with Gasteiger partial charge in [-0.1, -0.05) is 13.8 Å². The number of ether oxygens (including phenoxy) is 1. The van der Waals surface area contributed by atoms with Crippen molar-refractivity contribution in [1.29, 1.82) is 0 Å². The molecule has 0 fully saturated rings. The van der Waals surface area contributed by atoms with Gasteiger partial charge in [-0.2, -0.15) is 0 Å². The molecular weight excluding hydrogens is 192 g/mol. The normalized spacial score (nSPS) is 10.8. The van der Waals surface area contributed by atoms with Gasteiger partial charge in [0.2, 0.25) is 0 Å². The fraction of sp³-hybridized carbons (Fsp3) is 0.667. The summed E-state index contributed by atoms with van der Waals surface area (Å²) in [6, 6.07) is 2.37. The molecule has 1 nitrogen and oxygen atoms in total. The van der Waals surface area contributed by atoms with Crippen LogP contribution in [0.5, 0.6) is 0 Å². The number of hydrogen-bond donors (Lipinski definition) is 0.